The van der Waals surface area contributed by atoms with E-state index in [0.717, 1.165) is 5.56 Å². The predicted octanol–water partition coefficient (Wildman–Crippen LogP) is 4.58. The maximum absolute atomic E-state index is 13.9. The lowest BCUT2D eigenvalue weighted by atomic mass is 9.96. The van der Waals surface area contributed by atoms with E-state index < -0.39 is 17.4 Å². The molecule has 0 heterocycles. The molecule has 0 spiro atoms. The van der Waals surface area contributed by atoms with Gasteiger partial charge in [0, 0.05) is 0 Å². The summed E-state index contributed by atoms with van der Waals surface area (Å²) in [6.45, 7) is 3.38. The van der Waals surface area contributed by atoms with Crippen molar-refractivity contribution < 1.29 is 13.6 Å². The van der Waals surface area contributed by atoms with Gasteiger partial charge in [0.25, 0.3) is 0 Å². The zero-order valence-corrected chi connectivity index (χ0v) is 12.0. The highest BCUT2D eigenvalue weighted by Crippen LogP contribution is 2.24. The van der Waals surface area contributed by atoms with Crippen LogP contribution in [0.25, 0.3) is 0 Å². The van der Waals surface area contributed by atoms with E-state index in [-0.39, 0.29) is 15.6 Å². The van der Waals surface area contributed by atoms with Crippen LogP contribution in [0.2, 0.25) is 0 Å². The Kier molecular flexibility index (Phi) is 3.80. The molecule has 0 bridgehead atoms. The zero-order chi connectivity index (χ0) is 14.2. The summed E-state index contributed by atoms with van der Waals surface area (Å²) >= 11 is 3.01. The molecule has 19 heavy (non-hydrogen) atoms. The summed E-state index contributed by atoms with van der Waals surface area (Å²) in [6, 6.07) is 7.36. The monoisotopic (exact) mass is 324 g/mol. The number of halogens is 3. The van der Waals surface area contributed by atoms with Gasteiger partial charge in [0.1, 0.15) is 11.6 Å². The molecule has 0 radical (unpaired) electrons. The Labute approximate surface area is 118 Å². The topological polar surface area (TPSA) is 17.1 Å². The van der Waals surface area contributed by atoms with E-state index in [1.54, 1.807) is 26.0 Å². The second-order valence-corrected chi connectivity index (χ2v) is 5.22. The molecule has 0 unspecified atom stereocenters. The highest BCUT2D eigenvalue weighted by atomic mass is 79.9. The summed E-state index contributed by atoms with van der Waals surface area (Å²) in [6.07, 6.45) is 0. The lowest BCUT2D eigenvalue weighted by molar-refractivity contribution is 0.103. The minimum atomic E-state index is -0.674. The Hall–Kier alpha value is -1.55. The third kappa shape index (κ3) is 2.59. The first kappa shape index (κ1) is 13.9. The Morgan fingerprint density at radius 2 is 1.84 bits per heavy atom. The van der Waals surface area contributed by atoms with Crippen LogP contribution in [0, 0.1) is 25.5 Å². The van der Waals surface area contributed by atoms with E-state index in [1.807, 2.05) is 0 Å². The van der Waals surface area contributed by atoms with Crippen LogP contribution < -0.4 is 0 Å². The molecule has 0 fully saturated rings. The van der Waals surface area contributed by atoms with Gasteiger partial charge >= 0.3 is 0 Å². The average molecular weight is 325 g/mol. The van der Waals surface area contributed by atoms with Crippen LogP contribution in [0.15, 0.2) is 34.8 Å². The van der Waals surface area contributed by atoms with Crippen molar-refractivity contribution in [1.29, 1.82) is 0 Å². The number of aryl methyl sites for hydroxylation is 2. The molecule has 0 saturated carbocycles. The highest BCUT2D eigenvalue weighted by molar-refractivity contribution is 9.10. The smallest absolute Gasteiger partial charge is 0.199 e. The average Bonchev–Trinajstić information content (AvgIpc) is 2.31. The second kappa shape index (κ2) is 5.21. The molecule has 0 amide bonds. The molecule has 4 heteroatoms. The first-order chi connectivity index (χ1) is 8.91. The third-order valence-electron chi connectivity index (χ3n) is 2.86. The molecule has 0 aliphatic heterocycles. The summed E-state index contributed by atoms with van der Waals surface area (Å²) in [5, 5.41) is 0. The van der Waals surface area contributed by atoms with Crippen molar-refractivity contribution in [2.75, 3.05) is 0 Å². The highest BCUT2D eigenvalue weighted by Gasteiger charge is 2.21. The molecule has 0 aromatic heterocycles. The number of ketones is 1. The van der Waals surface area contributed by atoms with E-state index in [9.17, 15) is 13.6 Å². The van der Waals surface area contributed by atoms with Crippen molar-refractivity contribution in [3.8, 4) is 0 Å². The van der Waals surface area contributed by atoms with Crippen LogP contribution in [0.4, 0.5) is 8.78 Å². The fourth-order valence-electron chi connectivity index (χ4n) is 2.02. The standard InChI is InChI=1S/C15H11BrF2O/c1-8-6-9(2)13(12(17)7-8)15(19)10-4-3-5-11(16)14(10)18/h3-7H,1-2H3. The Bertz CT molecular complexity index is 642. The van der Waals surface area contributed by atoms with Crippen molar-refractivity contribution in [2.24, 2.45) is 0 Å². The van der Waals surface area contributed by atoms with E-state index in [2.05, 4.69) is 15.9 Å². The molecule has 2 aromatic carbocycles. The number of carbonyl (C=O) groups excluding carboxylic acids is 1. The summed E-state index contributed by atoms with van der Waals surface area (Å²) in [5.74, 6) is -1.94. The Morgan fingerprint density at radius 3 is 2.47 bits per heavy atom. The molecule has 0 atom stereocenters. The van der Waals surface area contributed by atoms with Crippen molar-refractivity contribution >= 4 is 21.7 Å². The fraction of sp³-hybridized carbons (Fsp3) is 0.133. The van der Waals surface area contributed by atoms with Crippen LogP contribution in [-0.4, -0.2) is 5.78 Å². The van der Waals surface area contributed by atoms with Crippen LogP contribution in [0.1, 0.15) is 27.0 Å². The number of carbonyl (C=O) groups is 1. The van der Waals surface area contributed by atoms with Gasteiger partial charge < -0.3 is 0 Å². The molecule has 0 aliphatic carbocycles. The number of hydrogen-bond acceptors (Lipinski definition) is 1. The van der Waals surface area contributed by atoms with Gasteiger partial charge in [-0.2, -0.15) is 0 Å². The minimum Gasteiger partial charge on any atom is -0.288 e. The van der Waals surface area contributed by atoms with Crippen molar-refractivity contribution in [3.05, 3.63) is 68.7 Å². The fourth-order valence-corrected chi connectivity index (χ4v) is 2.38. The second-order valence-electron chi connectivity index (χ2n) is 4.37. The lowest BCUT2D eigenvalue weighted by Gasteiger charge is -2.09. The Morgan fingerprint density at radius 1 is 1.16 bits per heavy atom. The van der Waals surface area contributed by atoms with E-state index in [4.69, 9.17) is 0 Å². The largest absolute Gasteiger partial charge is 0.288 e. The van der Waals surface area contributed by atoms with Gasteiger partial charge in [0.2, 0.25) is 0 Å². The Balaban J connectivity index is 2.60. The first-order valence-corrected chi connectivity index (χ1v) is 6.46. The number of hydrogen-bond donors (Lipinski definition) is 0. The van der Waals surface area contributed by atoms with Gasteiger partial charge in [-0.05, 0) is 59.1 Å². The summed E-state index contributed by atoms with van der Waals surface area (Å²) in [4.78, 5) is 12.3. The van der Waals surface area contributed by atoms with Gasteiger partial charge in [0.05, 0.1) is 15.6 Å². The number of benzene rings is 2. The summed E-state index contributed by atoms with van der Waals surface area (Å²) in [5.41, 5.74) is 1.01. The van der Waals surface area contributed by atoms with Crippen LogP contribution >= 0.6 is 15.9 Å². The quantitative estimate of drug-likeness (QED) is 0.739. The minimum absolute atomic E-state index is 0.0809. The molecule has 1 nitrogen and oxygen atoms in total. The van der Waals surface area contributed by atoms with Crippen LogP contribution in [0.3, 0.4) is 0 Å². The van der Waals surface area contributed by atoms with Gasteiger partial charge in [-0.25, -0.2) is 8.78 Å². The van der Waals surface area contributed by atoms with E-state index in [0.29, 0.717) is 5.56 Å². The van der Waals surface area contributed by atoms with E-state index >= 15 is 0 Å². The van der Waals surface area contributed by atoms with Crippen LogP contribution in [0.5, 0.6) is 0 Å². The molecular formula is C15H11BrF2O. The van der Waals surface area contributed by atoms with E-state index in [1.165, 1.54) is 18.2 Å². The number of rotatable bonds is 2. The molecule has 2 rings (SSSR count). The van der Waals surface area contributed by atoms with Gasteiger partial charge in [0.15, 0.2) is 5.78 Å². The van der Waals surface area contributed by atoms with Gasteiger partial charge in [-0.1, -0.05) is 12.1 Å². The van der Waals surface area contributed by atoms with Crippen molar-refractivity contribution in [1.82, 2.24) is 0 Å². The first-order valence-electron chi connectivity index (χ1n) is 5.67. The SMILES string of the molecule is Cc1cc(C)c(C(=O)c2cccc(Br)c2F)c(F)c1. The summed E-state index contributed by atoms with van der Waals surface area (Å²) < 4.78 is 28.0. The molecule has 0 N–H and O–H groups in total. The third-order valence-corrected chi connectivity index (χ3v) is 3.47. The maximum atomic E-state index is 13.9. The summed E-state index contributed by atoms with van der Waals surface area (Å²) in [7, 11) is 0. The van der Waals surface area contributed by atoms with Crippen LogP contribution in [-0.2, 0) is 0 Å². The van der Waals surface area contributed by atoms with Crippen molar-refractivity contribution in [2.45, 2.75) is 13.8 Å². The van der Waals surface area contributed by atoms with Gasteiger partial charge in [-0.15, -0.1) is 0 Å². The van der Waals surface area contributed by atoms with Crippen molar-refractivity contribution in [3.63, 3.8) is 0 Å². The molecule has 0 aliphatic rings. The lowest BCUT2D eigenvalue weighted by Crippen LogP contribution is -2.09. The normalized spacial score (nSPS) is 10.6. The molecule has 2 aromatic rings. The zero-order valence-electron chi connectivity index (χ0n) is 10.4. The maximum Gasteiger partial charge on any atom is 0.199 e. The molecule has 0 saturated heterocycles. The molecular weight excluding hydrogens is 314 g/mol. The predicted molar refractivity (Wildman–Crippen MR) is 73.4 cm³/mol. The van der Waals surface area contributed by atoms with Gasteiger partial charge in [-0.3, -0.25) is 4.79 Å². The molecule has 98 valence electrons.